The van der Waals surface area contributed by atoms with Gasteiger partial charge in [0.2, 0.25) is 5.65 Å². The summed E-state index contributed by atoms with van der Waals surface area (Å²) in [5.74, 6) is 0.379. The standard InChI is InChI=1S/C18H18N4O2/c1-4-5-8-24-18-17-19-6-7-22(17)11-16(21-18)14-9-12(2)20-15(10-14)13(3)23/h4,6-7,9-11H,1,5,8H2,2-3H3. The Morgan fingerprint density at radius 3 is 2.96 bits per heavy atom. The fourth-order valence-corrected chi connectivity index (χ4v) is 2.37. The number of hydrogen-bond acceptors (Lipinski definition) is 5. The Bertz CT molecular complexity index is 915. The van der Waals surface area contributed by atoms with Crippen LogP contribution in [-0.2, 0) is 0 Å². The predicted octanol–water partition coefficient (Wildman–Crippen LogP) is 3.26. The van der Waals surface area contributed by atoms with Gasteiger partial charge in [-0.1, -0.05) is 6.08 Å². The molecular weight excluding hydrogens is 304 g/mol. The number of imidazole rings is 1. The molecule has 0 aromatic carbocycles. The summed E-state index contributed by atoms with van der Waals surface area (Å²) in [6.45, 7) is 7.52. The highest BCUT2D eigenvalue weighted by molar-refractivity contribution is 5.93. The molecule has 0 saturated heterocycles. The van der Waals surface area contributed by atoms with Gasteiger partial charge in [-0.3, -0.25) is 4.79 Å². The molecule has 0 aliphatic rings. The zero-order chi connectivity index (χ0) is 17.1. The topological polar surface area (TPSA) is 69.4 Å². The number of nitrogens with zero attached hydrogens (tertiary/aromatic N) is 4. The van der Waals surface area contributed by atoms with Crippen molar-refractivity contribution in [3.05, 3.63) is 54.8 Å². The number of ether oxygens (including phenoxy) is 1. The van der Waals surface area contributed by atoms with Gasteiger partial charge in [0.15, 0.2) is 5.78 Å². The number of fused-ring (bicyclic) bond motifs is 1. The minimum atomic E-state index is -0.0777. The number of rotatable bonds is 6. The molecule has 0 fully saturated rings. The van der Waals surface area contributed by atoms with E-state index in [0.717, 1.165) is 17.7 Å². The van der Waals surface area contributed by atoms with Crippen LogP contribution in [0.25, 0.3) is 16.9 Å². The first-order valence-electron chi connectivity index (χ1n) is 7.66. The molecule has 3 rings (SSSR count). The average Bonchev–Trinajstić information content (AvgIpc) is 3.03. The van der Waals surface area contributed by atoms with E-state index in [9.17, 15) is 4.79 Å². The molecule has 0 aliphatic carbocycles. The molecule has 3 aromatic heterocycles. The Morgan fingerprint density at radius 2 is 2.21 bits per heavy atom. The number of hydrogen-bond donors (Lipinski definition) is 0. The lowest BCUT2D eigenvalue weighted by Gasteiger charge is -2.10. The molecule has 122 valence electrons. The maximum atomic E-state index is 11.7. The van der Waals surface area contributed by atoms with Crippen LogP contribution < -0.4 is 4.74 Å². The smallest absolute Gasteiger partial charge is 0.258 e. The Balaban J connectivity index is 2.09. The van der Waals surface area contributed by atoms with Crippen molar-refractivity contribution in [2.45, 2.75) is 20.3 Å². The van der Waals surface area contributed by atoms with Crippen LogP contribution in [0.1, 0.15) is 29.5 Å². The van der Waals surface area contributed by atoms with Crippen molar-refractivity contribution in [3.63, 3.8) is 0 Å². The number of Topliss-reactive ketones (excluding diaryl/α,β-unsaturated/α-hetero) is 1. The van der Waals surface area contributed by atoms with Crippen molar-refractivity contribution in [1.29, 1.82) is 0 Å². The van der Waals surface area contributed by atoms with Crippen molar-refractivity contribution < 1.29 is 9.53 Å². The van der Waals surface area contributed by atoms with E-state index in [1.807, 2.05) is 29.8 Å². The van der Waals surface area contributed by atoms with E-state index < -0.39 is 0 Å². The largest absolute Gasteiger partial charge is 0.475 e. The number of carbonyl (C=O) groups excluding carboxylic acids is 1. The molecule has 24 heavy (non-hydrogen) atoms. The Morgan fingerprint density at radius 1 is 1.38 bits per heavy atom. The molecule has 0 atom stereocenters. The van der Waals surface area contributed by atoms with E-state index in [-0.39, 0.29) is 5.78 Å². The van der Waals surface area contributed by atoms with Crippen molar-refractivity contribution in [1.82, 2.24) is 19.4 Å². The average molecular weight is 322 g/mol. The number of pyridine rings is 1. The number of aryl methyl sites for hydroxylation is 1. The van der Waals surface area contributed by atoms with Gasteiger partial charge < -0.3 is 9.14 Å². The predicted molar refractivity (Wildman–Crippen MR) is 91.3 cm³/mol. The summed E-state index contributed by atoms with van der Waals surface area (Å²) in [5, 5.41) is 0. The van der Waals surface area contributed by atoms with Gasteiger partial charge in [0, 0.05) is 36.8 Å². The van der Waals surface area contributed by atoms with Crippen molar-refractivity contribution in [2.75, 3.05) is 6.61 Å². The lowest BCUT2D eigenvalue weighted by molar-refractivity contribution is 0.101. The van der Waals surface area contributed by atoms with Gasteiger partial charge in [-0.05, 0) is 25.5 Å². The van der Waals surface area contributed by atoms with Gasteiger partial charge in [-0.15, -0.1) is 6.58 Å². The van der Waals surface area contributed by atoms with Gasteiger partial charge in [0.1, 0.15) is 5.69 Å². The minimum Gasteiger partial charge on any atom is -0.475 e. The molecule has 0 radical (unpaired) electrons. The molecule has 0 bridgehead atoms. The van der Waals surface area contributed by atoms with Crippen LogP contribution in [0.5, 0.6) is 5.88 Å². The highest BCUT2D eigenvalue weighted by Gasteiger charge is 2.12. The van der Waals surface area contributed by atoms with Gasteiger partial charge in [0.25, 0.3) is 5.88 Å². The van der Waals surface area contributed by atoms with E-state index in [1.54, 1.807) is 18.3 Å². The molecule has 6 heteroatoms. The normalized spacial score (nSPS) is 10.8. The Labute approximate surface area is 139 Å². The van der Waals surface area contributed by atoms with Gasteiger partial charge in [-0.2, -0.15) is 0 Å². The van der Waals surface area contributed by atoms with E-state index in [2.05, 4.69) is 21.5 Å². The fourth-order valence-electron chi connectivity index (χ4n) is 2.37. The van der Waals surface area contributed by atoms with E-state index in [1.165, 1.54) is 6.92 Å². The first-order chi connectivity index (χ1) is 11.6. The first-order valence-corrected chi connectivity index (χ1v) is 7.66. The zero-order valence-electron chi connectivity index (χ0n) is 13.7. The SMILES string of the molecule is C=CCCOc1nc(-c2cc(C)nc(C(C)=O)c2)cn2ccnc12. The van der Waals surface area contributed by atoms with Gasteiger partial charge in [-0.25, -0.2) is 15.0 Å². The zero-order valence-corrected chi connectivity index (χ0v) is 13.7. The summed E-state index contributed by atoms with van der Waals surface area (Å²) in [4.78, 5) is 24.8. The molecule has 0 aliphatic heterocycles. The summed E-state index contributed by atoms with van der Waals surface area (Å²) in [7, 11) is 0. The van der Waals surface area contributed by atoms with Crippen LogP contribution in [0.2, 0.25) is 0 Å². The van der Waals surface area contributed by atoms with Gasteiger partial charge in [0.05, 0.1) is 12.3 Å². The second kappa shape index (κ2) is 6.62. The summed E-state index contributed by atoms with van der Waals surface area (Å²) in [6.07, 6.45) is 7.90. The molecule has 6 nitrogen and oxygen atoms in total. The lowest BCUT2D eigenvalue weighted by Crippen LogP contribution is -2.03. The van der Waals surface area contributed by atoms with Crippen LogP contribution in [0.4, 0.5) is 0 Å². The van der Waals surface area contributed by atoms with Crippen molar-refractivity contribution in [3.8, 4) is 17.1 Å². The first kappa shape index (κ1) is 15.9. The summed E-state index contributed by atoms with van der Waals surface area (Å²) in [6, 6.07) is 3.64. The maximum absolute atomic E-state index is 11.7. The molecule has 0 N–H and O–H groups in total. The van der Waals surface area contributed by atoms with Crippen molar-refractivity contribution >= 4 is 11.4 Å². The minimum absolute atomic E-state index is 0.0777. The third-order valence-corrected chi connectivity index (χ3v) is 3.51. The van der Waals surface area contributed by atoms with Crippen molar-refractivity contribution in [2.24, 2.45) is 0 Å². The second-order valence-electron chi connectivity index (χ2n) is 5.45. The lowest BCUT2D eigenvalue weighted by atomic mass is 10.1. The Kier molecular flexibility index (Phi) is 4.37. The molecule has 0 saturated carbocycles. The van der Waals surface area contributed by atoms with Crippen LogP contribution in [0, 0.1) is 6.92 Å². The maximum Gasteiger partial charge on any atom is 0.258 e. The summed E-state index contributed by atoms with van der Waals surface area (Å²) < 4.78 is 7.60. The third-order valence-electron chi connectivity index (χ3n) is 3.51. The molecule has 0 unspecified atom stereocenters. The van der Waals surface area contributed by atoms with Crippen LogP contribution in [-0.4, -0.2) is 31.7 Å². The quantitative estimate of drug-likeness (QED) is 0.396. The van der Waals surface area contributed by atoms with Crippen LogP contribution >= 0.6 is 0 Å². The Hall–Kier alpha value is -3.02. The molecule has 3 heterocycles. The third kappa shape index (κ3) is 3.17. The van der Waals surface area contributed by atoms with E-state index >= 15 is 0 Å². The summed E-state index contributed by atoms with van der Waals surface area (Å²) in [5.41, 5.74) is 3.35. The molecule has 0 spiro atoms. The summed E-state index contributed by atoms with van der Waals surface area (Å²) >= 11 is 0. The fraction of sp³-hybridized carbons (Fsp3) is 0.222. The number of carbonyl (C=O) groups is 1. The van der Waals surface area contributed by atoms with Gasteiger partial charge >= 0.3 is 0 Å². The second-order valence-corrected chi connectivity index (χ2v) is 5.45. The molecule has 3 aromatic rings. The monoisotopic (exact) mass is 322 g/mol. The van der Waals surface area contributed by atoms with Crippen LogP contribution in [0.15, 0.2) is 43.4 Å². The molecular formula is C18H18N4O2. The van der Waals surface area contributed by atoms with E-state index in [0.29, 0.717) is 29.5 Å². The number of aromatic nitrogens is 4. The number of ketones is 1. The molecule has 0 amide bonds. The van der Waals surface area contributed by atoms with Crippen LogP contribution in [0.3, 0.4) is 0 Å². The highest BCUT2D eigenvalue weighted by atomic mass is 16.5. The highest BCUT2D eigenvalue weighted by Crippen LogP contribution is 2.24. The van der Waals surface area contributed by atoms with E-state index in [4.69, 9.17) is 4.74 Å².